The molecule has 0 radical (unpaired) electrons. The predicted octanol–water partition coefficient (Wildman–Crippen LogP) is 3.23. The Kier molecular flexibility index (Phi) is 5.78. The fourth-order valence-corrected chi connectivity index (χ4v) is 2.85. The molecule has 1 aliphatic heterocycles. The van der Waals surface area contributed by atoms with Crippen LogP contribution >= 0.6 is 0 Å². The van der Waals surface area contributed by atoms with Gasteiger partial charge in [0.1, 0.15) is 11.6 Å². The van der Waals surface area contributed by atoms with Crippen molar-refractivity contribution in [3.8, 4) is 5.75 Å². The zero-order valence-corrected chi connectivity index (χ0v) is 14.5. The summed E-state index contributed by atoms with van der Waals surface area (Å²) >= 11 is 0. The zero-order valence-electron chi connectivity index (χ0n) is 14.5. The van der Waals surface area contributed by atoms with Crippen LogP contribution in [0.3, 0.4) is 0 Å². The maximum absolute atomic E-state index is 12.1. The van der Waals surface area contributed by atoms with Crippen molar-refractivity contribution in [2.45, 2.75) is 45.1 Å². The number of ether oxygens (including phenoxy) is 1. The van der Waals surface area contributed by atoms with Crippen LogP contribution < -0.4 is 10.1 Å². The summed E-state index contributed by atoms with van der Waals surface area (Å²) in [6.45, 7) is 1.13. The molecule has 27 heavy (non-hydrogen) atoms. The maximum Gasteiger partial charge on any atom is 0.573 e. The molecule has 0 saturated carbocycles. The standard InChI is InChI=1S/C18H19F3N4O2/c19-18(20,21)27-14-8-5-13(6-9-14)7-10-17(26)22-12-16-24-23-15-4-2-1-3-11-25(15)16/h5-10H,1-4,11-12H2,(H,22,26)/b10-7+. The van der Waals surface area contributed by atoms with E-state index in [2.05, 4.69) is 24.8 Å². The van der Waals surface area contributed by atoms with E-state index in [0.717, 1.165) is 43.9 Å². The summed E-state index contributed by atoms with van der Waals surface area (Å²) in [6, 6.07) is 5.25. The number of carbonyl (C=O) groups excluding carboxylic acids is 1. The predicted molar refractivity (Wildman–Crippen MR) is 91.6 cm³/mol. The highest BCUT2D eigenvalue weighted by atomic mass is 19.4. The van der Waals surface area contributed by atoms with Gasteiger partial charge in [-0.3, -0.25) is 4.79 Å². The normalized spacial score (nSPS) is 14.6. The number of aryl methyl sites for hydroxylation is 1. The fraction of sp³-hybridized carbons (Fsp3) is 0.389. The molecule has 0 atom stereocenters. The molecular weight excluding hydrogens is 361 g/mol. The van der Waals surface area contributed by atoms with Crippen LogP contribution in [0.2, 0.25) is 0 Å². The van der Waals surface area contributed by atoms with Crippen LogP contribution in [0, 0.1) is 0 Å². The number of aromatic nitrogens is 3. The summed E-state index contributed by atoms with van der Waals surface area (Å²) in [4.78, 5) is 12.0. The van der Waals surface area contributed by atoms with Crippen molar-refractivity contribution < 1.29 is 22.7 Å². The van der Waals surface area contributed by atoms with Crippen LogP contribution in [0.5, 0.6) is 5.75 Å². The van der Waals surface area contributed by atoms with Gasteiger partial charge in [-0.25, -0.2) is 0 Å². The van der Waals surface area contributed by atoms with Gasteiger partial charge in [0.2, 0.25) is 5.91 Å². The van der Waals surface area contributed by atoms with Crippen molar-refractivity contribution in [2.75, 3.05) is 0 Å². The van der Waals surface area contributed by atoms with Crippen molar-refractivity contribution in [1.29, 1.82) is 0 Å². The second kappa shape index (κ2) is 8.24. The first-order valence-electron chi connectivity index (χ1n) is 8.63. The zero-order chi connectivity index (χ0) is 19.3. The molecule has 1 N–H and O–H groups in total. The number of benzene rings is 1. The van der Waals surface area contributed by atoms with Gasteiger partial charge in [-0.05, 0) is 36.6 Å². The van der Waals surface area contributed by atoms with Crippen molar-refractivity contribution >= 4 is 12.0 Å². The number of rotatable bonds is 5. The van der Waals surface area contributed by atoms with E-state index in [-0.39, 0.29) is 18.2 Å². The van der Waals surface area contributed by atoms with E-state index in [0.29, 0.717) is 5.56 Å². The van der Waals surface area contributed by atoms with Gasteiger partial charge in [0.15, 0.2) is 5.82 Å². The molecule has 6 nitrogen and oxygen atoms in total. The molecule has 0 fully saturated rings. The van der Waals surface area contributed by atoms with Crippen molar-refractivity contribution in [1.82, 2.24) is 20.1 Å². The molecule has 1 amide bonds. The highest BCUT2D eigenvalue weighted by Crippen LogP contribution is 2.23. The van der Waals surface area contributed by atoms with Gasteiger partial charge >= 0.3 is 6.36 Å². The molecule has 1 aromatic heterocycles. The highest BCUT2D eigenvalue weighted by molar-refractivity contribution is 5.91. The maximum atomic E-state index is 12.1. The summed E-state index contributed by atoms with van der Waals surface area (Å²) in [5.74, 6) is 1.05. The minimum atomic E-state index is -4.73. The molecule has 0 unspecified atom stereocenters. The van der Waals surface area contributed by atoms with Crippen LogP contribution in [0.4, 0.5) is 13.2 Å². The van der Waals surface area contributed by atoms with Crippen molar-refractivity contribution in [2.24, 2.45) is 0 Å². The number of halogens is 3. The highest BCUT2D eigenvalue weighted by Gasteiger charge is 2.30. The van der Waals surface area contributed by atoms with Gasteiger partial charge in [0.25, 0.3) is 0 Å². The van der Waals surface area contributed by atoms with Crippen LogP contribution in [0.1, 0.15) is 36.5 Å². The molecule has 2 heterocycles. The Morgan fingerprint density at radius 2 is 1.96 bits per heavy atom. The van der Waals surface area contributed by atoms with E-state index >= 15 is 0 Å². The number of hydrogen-bond donors (Lipinski definition) is 1. The monoisotopic (exact) mass is 380 g/mol. The third-order valence-electron chi connectivity index (χ3n) is 4.15. The van der Waals surface area contributed by atoms with E-state index < -0.39 is 6.36 Å². The number of fused-ring (bicyclic) bond motifs is 1. The lowest BCUT2D eigenvalue weighted by Gasteiger charge is -2.08. The summed E-state index contributed by atoms with van der Waals surface area (Å²) in [7, 11) is 0. The van der Waals surface area contributed by atoms with Crippen molar-refractivity contribution in [3.05, 3.63) is 47.6 Å². The fourth-order valence-electron chi connectivity index (χ4n) is 2.85. The number of alkyl halides is 3. The Balaban J connectivity index is 1.53. The molecule has 9 heteroatoms. The molecule has 1 aromatic carbocycles. The molecule has 2 aromatic rings. The molecule has 3 rings (SSSR count). The number of hydrogen-bond acceptors (Lipinski definition) is 4. The third-order valence-corrected chi connectivity index (χ3v) is 4.15. The van der Waals surface area contributed by atoms with Gasteiger partial charge in [0.05, 0.1) is 6.54 Å². The van der Waals surface area contributed by atoms with E-state index in [4.69, 9.17) is 0 Å². The lowest BCUT2D eigenvalue weighted by molar-refractivity contribution is -0.274. The smallest absolute Gasteiger partial charge is 0.406 e. The largest absolute Gasteiger partial charge is 0.573 e. The SMILES string of the molecule is O=C(/C=C/c1ccc(OC(F)(F)F)cc1)NCc1nnc2n1CCCCC2. The van der Waals surface area contributed by atoms with E-state index in [1.54, 1.807) is 0 Å². The third kappa shape index (κ3) is 5.57. The molecule has 0 spiro atoms. The van der Waals surface area contributed by atoms with E-state index in [9.17, 15) is 18.0 Å². The second-order valence-corrected chi connectivity index (χ2v) is 6.16. The van der Waals surface area contributed by atoms with Gasteiger partial charge in [-0.2, -0.15) is 0 Å². The number of nitrogens with zero attached hydrogens (tertiary/aromatic N) is 3. The second-order valence-electron chi connectivity index (χ2n) is 6.16. The topological polar surface area (TPSA) is 69.0 Å². The van der Waals surface area contributed by atoms with Crippen LogP contribution in [-0.2, 0) is 24.3 Å². The van der Waals surface area contributed by atoms with Crippen LogP contribution in [0.15, 0.2) is 30.3 Å². The lowest BCUT2D eigenvalue weighted by atomic mass is 10.2. The van der Waals surface area contributed by atoms with E-state index in [1.165, 1.54) is 36.4 Å². The van der Waals surface area contributed by atoms with Crippen LogP contribution in [-0.4, -0.2) is 27.0 Å². The Morgan fingerprint density at radius 3 is 2.70 bits per heavy atom. The Hall–Kier alpha value is -2.84. The van der Waals surface area contributed by atoms with Crippen molar-refractivity contribution in [3.63, 3.8) is 0 Å². The Bertz CT molecular complexity index is 813. The molecule has 1 aliphatic rings. The van der Waals surface area contributed by atoms with Gasteiger partial charge in [-0.15, -0.1) is 23.4 Å². The number of nitrogens with one attached hydrogen (secondary N) is 1. The molecular formula is C18H19F3N4O2. The summed E-state index contributed by atoms with van der Waals surface area (Å²) < 4.78 is 42.2. The van der Waals surface area contributed by atoms with E-state index in [1.807, 2.05) is 0 Å². The number of carbonyl (C=O) groups is 1. The minimum absolute atomic E-state index is 0.272. The summed E-state index contributed by atoms with van der Waals surface area (Å²) in [5, 5.41) is 11.1. The van der Waals surface area contributed by atoms with Crippen LogP contribution in [0.25, 0.3) is 6.08 Å². The summed E-state index contributed by atoms with van der Waals surface area (Å²) in [6.07, 6.45) is 2.33. The average Bonchev–Trinajstić information content (AvgIpc) is 2.84. The molecule has 0 aliphatic carbocycles. The summed E-state index contributed by atoms with van der Waals surface area (Å²) in [5.41, 5.74) is 0.580. The quantitative estimate of drug-likeness (QED) is 0.809. The van der Waals surface area contributed by atoms with Gasteiger partial charge in [0, 0.05) is 19.0 Å². The molecule has 144 valence electrons. The van der Waals surface area contributed by atoms with Gasteiger partial charge in [-0.1, -0.05) is 18.6 Å². The minimum Gasteiger partial charge on any atom is -0.406 e. The number of amides is 1. The molecule has 0 bridgehead atoms. The Labute approximate surface area is 154 Å². The first-order valence-corrected chi connectivity index (χ1v) is 8.63. The average molecular weight is 380 g/mol. The first kappa shape index (κ1) is 18.9. The first-order chi connectivity index (χ1) is 12.9. The Morgan fingerprint density at radius 1 is 1.19 bits per heavy atom. The lowest BCUT2D eigenvalue weighted by Crippen LogP contribution is -2.23. The molecule has 0 saturated heterocycles. The van der Waals surface area contributed by atoms with Gasteiger partial charge < -0.3 is 14.6 Å².